The Morgan fingerprint density at radius 2 is 1.57 bits per heavy atom. The van der Waals surface area contributed by atoms with Crippen LogP contribution in [0.1, 0.15) is 98.3 Å². The zero-order chi connectivity index (χ0) is 28.9. The molecular formula is C33H57NO6. The molecule has 7 heteroatoms. The van der Waals surface area contributed by atoms with Crippen LogP contribution in [0.4, 0.5) is 4.79 Å². The number of fused-ring (bicyclic) bond motifs is 5. The van der Waals surface area contributed by atoms with Gasteiger partial charge in [-0.05, 0) is 116 Å². The van der Waals surface area contributed by atoms with Crippen LogP contribution in [-0.2, 0) is 4.74 Å². The fourth-order valence-corrected chi connectivity index (χ4v) is 11.1. The van der Waals surface area contributed by atoms with E-state index in [9.17, 15) is 25.2 Å². The van der Waals surface area contributed by atoms with Crippen molar-refractivity contribution in [1.82, 2.24) is 4.90 Å². The number of rotatable bonds is 7. The molecule has 0 radical (unpaired) electrons. The van der Waals surface area contributed by atoms with E-state index in [2.05, 4.69) is 27.7 Å². The molecule has 7 nitrogen and oxygen atoms in total. The van der Waals surface area contributed by atoms with Crippen LogP contribution in [-0.4, -0.2) is 76.5 Å². The molecule has 40 heavy (non-hydrogen) atoms. The van der Waals surface area contributed by atoms with E-state index < -0.39 is 5.41 Å². The van der Waals surface area contributed by atoms with Gasteiger partial charge in [0.1, 0.15) is 0 Å². The van der Waals surface area contributed by atoms with E-state index >= 15 is 0 Å². The van der Waals surface area contributed by atoms with Crippen LogP contribution in [0.3, 0.4) is 0 Å². The maximum Gasteiger partial charge on any atom is 0.409 e. The van der Waals surface area contributed by atoms with E-state index in [-0.39, 0.29) is 48.3 Å². The second-order valence-corrected chi connectivity index (χ2v) is 15.3. The second-order valence-electron chi connectivity index (χ2n) is 15.3. The first-order valence-electron chi connectivity index (χ1n) is 16.5. The number of carbonyl (C=O) groups excluding carboxylic acids is 1. The number of aliphatic hydroxyl groups excluding tert-OH is 4. The lowest BCUT2D eigenvalue weighted by molar-refractivity contribution is -0.203. The minimum Gasteiger partial charge on any atom is -0.449 e. The number of hydrogen-bond donors (Lipinski definition) is 4. The van der Waals surface area contributed by atoms with Gasteiger partial charge < -0.3 is 30.1 Å². The highest BCUT2D eigenvalue weighted by molar-refractivity contribution is 5.67. The van der Waals surface area contributed by atoms with E-state index in [1.807, 2.05) is 0 Å². The van der Waals surface area contributed by atoms with E-state index in [0.717, 1.165) is 32.1 Å². The summed E-state index contributed by atoms with van der Waals surface area (Å²) in [5, 5.41) is 41.7. The number of aliphatic hydroxyl groups is 4. The zero-order valence-electron chi connectivity index (χ0n) is 25.6. The Bertz CT molecular complexity index is 884. The molecule has 230 valence electrons. The zero-order valence-corrected chi connectivity index (χ0v) is 25.6. The van der Waals surface area contributed by atoms with Gasteiger partial charge in [0, 0.05) is 18.5 Å². The molecule has 0 aromatic carbocycles. The van der Waals surface area contributed by atoms with Crippen molar-refractivity contribution in [3.63, 3.8) is 0 Å². The molecule has 3 unspecified atom stereocenters. The van der Waals surface area contributed by atoms with Crippen molar-refractivity contribution < 1.29 is 30.0 Å². The number of piperidine rings is 1. The van der Waals surface area contributed by atoms with Gasteiger partial charge in [-0.1, -0.05) is 34.1 Å². The normalized spacial score (nSPS) is 45.2. The number of hydrogen-bond acceptors (Lipinski definition) is 6. The molecule has 5 aliphatic rings. The summed E-state index contributed by atoms with van der Waals surface area (Å²) in [4.78, 5) is 14.5. The molecule has 4 N–H and O–H groups in total. The van der Waals surface area contributed by atoms with E-state index in [1.165, 1.54) is 25.7 Å². The first-order valence-corrected chi connectivity index (χ1v) is 16.5. The van der Waals surface area contributed by atoms with Crippen LogP contribution in [0.15, 0.2) is 0 Å². The molecule has 1 amide bonds. The summed E-state index contributed by atoms with van der Waals surface area (Å²) in [5.74, 6) is 3.20. The third-order valence-electron chi connectivity index (χ3n) is 13.7. The van der Waals surface area contributed by atoms with Gasteiger partial charge >= 0.3 is 6.09 Å². The number of nitrogens with zero attached hydrogens (tertiary/aromatic N) is 1. The van der Waals surface area contributed by atoms with Crippen LogP contribution >= 0.6 is 0 Å². The molecule has 5 fully saturated rings. The van der Waals surface area contributed by atoms with Crippen LogP contribution in [0.5, 0.6) is 0 Å². The van der Waals surface area contributed by atoms with Gasteiger partial charge in [-0.3, -0.25) is 0 Å². The van der Waals surface area contributed by atoms with Crippen molar-refractivity contribution in [3.8, 4) is 0 Å². The lowest BCUT2D eigenvalue weighted by atomic mass is 9.41. The first-order chi connectivity index (χ1) is 19.0. The van der Waals surface area contributed by atoms with Crippen LogP contribution < -0.4 is 0 Å². The molecule has 0 spiro atoms. The van der Waals surface area contributed by atoms with Crippen LogP contribution in [0.25, 0.3) is 0 Å². The SMILES string of the molecule is CC[C@H]1[C@@H](O)C2[C@@H]3CC[C@H]([C@H](C)CCOC(=O)N4CCC(CO)(CO)CC4)C3(C)CC[C@@H]2C2(C)CC[C@@H](O)C[C@@H]12. The van der Waals surface area contributed by atoms with Gasteiger partial charge in [-0.2, -0.15) is 0 Å². The maximum atomic E-state index is 12.7. The molecule has 5 rings (SSSR count). The Morgan fingerprint density at radius 1 is 0.925 bits per heavy atom. The average Bonchev–Trinajstić information content (AvgIpc) is 3.31. The Balaban J connectivity index is 1.20. The molecule has 0 aromatic rings. The van der Waals surface area contributed by atoms with E-state index in [4.69, 9.17) is 4.74 Å². The van der Waals surface area contributed by atoms with Crippen molar-refractivity contribution in [1.29, 1.82) is 0 Å². The van der Waals surface area contributed by atoms with Crippen molar-refractivity contribution in [3.05, 3.63) is 0 Å². The summed E-state index contributed by atoms with van der Waals surface area (Å²) in [6.07, 6.45) is 9.93. The van der Waals surface area contributed by atoms with Gasteiger partial charge in [-0.25, -0.2) is 4.79 Å². The third-order valence-corrected chi connectivity index (χ3v) is 13.7. The standard InChI is InChI=1S/C33H57NO6/c1-5-23-27-18-22(37)8-11-32(27,4)26-9-12-31(3)24(6-7-25(31)28(26)29(23)38)21(2)10-17-40-30(39)34-15-13-33(19-35,20-36)14-16-34/h21-29,35-38H,5-20H2,1-4H3/t21-,22-,23-,24-,25+,26+,27+,28?,29-,31?,32?/m1/s1. The van der Waals surface area contributed by atoms with Crippen molar-refractivity contribution >= 4 is 6.09 Å². The Labute approximate surface area is 242 Å². The fraction of sp³-hybridized carbons (Fsp3) is 0.970. The quantitative estimate of drug-likeness (QED) is 0.353. The molecule has 0 bridgehead atoms. The molecule has 4 saturated carbocycles. The highest BCUT2D eigenvalue weighted by atomic mass is 16.6. The van der Waals surface area contributed by atoms with Crippen molar-refractivity contribution in [2.24, 2.45) is 57.7 Å². The highest BCUT2D eigenvalue weighted by Gasteiger charge is 2.64. The lowest BCUT2D eigenvalue weighted by Crippen LogP contribution is -2.62. The smallest absolute Gasteiger partial charge is 0.409 e. The Morgan fingerprint density at radius 3 is 2.23 bits per heavy atom. The van der Waals surface area contributed by atoms with Gasteiger partial charge in [0.05, 0.1) is 32.0 Å². The Hall–Kier alpha value is -0.890. The number of carbonyl (C=O) groups is 1. The van der Waals surface area contributed by atoms with Gasteiger partial charge in [0.2, 0.25) is 0 Å². The minimum absolute atomic E-state index is 0.0499. The topological polar surface area (TPSA) is 110 Å². The predicted molar refractivity (Wildman–Crippen MR) is 154 cm³/mol. The molecule has 1 saturated heterocycles. The molecule has 1 heterocycles. The summed E-state index contributed by atoms with van der Waals surface area (Å²) in [7, 11) is 0. The molecule has 1 aliphatic heterocycles. The number of likely N-dealkylation sites (tertiary alicyclic amines) is 1. The highest BCUT2D eigenvalue weighted by Crippen LogP contribution is 2.69. The van der Waals surface area contributed by atoms with Crippen molar-refractivity contribution in [2.75, 3.05) is 32.9 Å². The number of amides is 1. The minimum atomic E-state index is -0.474. The largest absolute Gasteiger partial charge is 0.449 e. The lowest BCUT2D eigenvalue weighted by Gasteiger charge is -2.64. The Kier molecular flexibility index (Phi) is 8.90. The van der Waals surface area contributed by atoms with E-state index in [0.29, 0.717) is 68.0 Å². The third kappa shape index (κ3) is 5.03. The summed E-state index contributed by atoms with van der Waals surface area (Å²) < 4.78 is 5.73. The van der Waals surface area contributed by atoms with Crippen LogP contribution in [0, 0.1) is 57.7 Å². The molecule has 0 aromatic heterocycles. The second kappa shape index (κ2) is 11.7. The summed E-state index contributed by atoms with van der Waals surface area (Å²) >= 11 is 0. The molecular weight excluding hydrogens is 506 g/mol. The summed E-state index contributed by atoms with van der Waals surface area (Å²) in [6.45, 7) is 10.9. The van der Waals surface area contributed by atoms with Crippen LogP contribution in [0.2, 0.25) is 0 Å². The van der Waals surface area contributed by atoms with Gasteiger partial charge in [-0.15, -0.1) is 0 Å². The van der Waals surface area contributed by atoms with E-state index in [1.54, 1.807) is 4.90 Å². The maximum absolute atomic E-state index is 12.7. The summed E-state index contributed by atoms with van der Waals surface area (Å²) in [6, 6.07) is 0. The fourth-order valence-electron chi connectivity index (χ4n) is 11.1. The van der Waals surface area contributed by atoms with Gasteiger partial charge in [0.15, 0.2) is 0 Å². The van der Waals surface area contributed by atoms with Crippen molar-refractivity contribution in [2.45, 2.75) is 111 Å². The predicted octanol–water partition coefficient (Wildman–Crippen LogP) is 4.84. The molecule has 4 aliphatic carbocycles. The summed E-state index contributed by atoms with van der Waals surface area (Å²) in [5.41, 5.74) is -0.0318. The average molecular weight is 564 g/mol. The first kappa shape index (κ1) is 30.6. The van der Waals surface area contributed by atoms with Gasteiger partial charge in [0.25, 0.3) is 0 Å². The molecule has 11 atom stereocenters. The number of ether oxygens (including phenoxy) is 1. The monoisotopic (exact) mass is 563 g/mol.